The second kappa shape index (κ2) is 9.97. The minimum Gasteiger partial charge on any atom is -0.339 e. The minimum atomic E-state index is -0.461. The van der Waals surface area contributed by atoms with E-state index in [1.807, 2.05) is 17.0 Å². The number of amides is 1. The summed E-state index contributed by atoms with van der Waals surface area (Å²) >= 11 is 1.11. The molecule has 9 heteroatoms. The van der Waals surface area contributed by atoms with Crippen molar-refractivity contribution in [1.29, 1.82) is 0 Å². The van der Waals surface area contributed by atoms with E-state index in [1.165, 1.54) is 11.1 Å². The number of piperazine rings is 1. The molecule has 4 rings (SSSR count). The number of thioether (sulfide) groups is 1. The van der Waals surface area contributed by atoms with Crippen LogP contribution in [0.25, 0.3) is 0 Å². The Balaban J connectivity index is 1.39. The van der Waals surface area contributed by atoms with E-state index in [2.05, 4.69) is 63.6 Å². The van der Waals surface area contributed by atoms with Crippen molar-refractivity contribution >= 4 is 23.4 Å². The molecule has 0 spiro atoms. The van der Waals surface area contributed by atoms with Gasteiger partial charge >= 0.3 is 5.69 Å². The molecule has 1 saturated heterocycles. The van der Waals surface area contributed by atoms with Crippen LogP contribution in [-0.4, -0.2) is 62.8 Å². The molecule has 1 aromatic heterocycles. The molecule has 0 radical (unpaired) electrons. The van der Waals surface area contributed by atoms with Gasteiger partial charge in [-0.2, -0.15) is 5.10 Å². The van der Waals surface area contributed by atoms with Gasteiger partial charge in [0.1, 0.15) is 5.69 Å². The highest BCUT2D eigenvalue weighted by Gasteiger charge is 2.29. The summed E-state index contributed by atoms with van der Waals surface area (Å²) < 4.78 is 0. The molecule has 1 fully saturated rings. The van der Waals surface area contributed by atoms with Crippen molar-refractivity contribution in [3.8, 4) is 0 Å². The molecule has 1 aliphatic heterocycles. The number of aryl methyl sites for hydroxylation is 1. The number of rotatable bonds is 7. The Morgan fingerprint density at radius 2 is 1.62 bits per heavy atom. The number of carbonyl (C=O) groups excluding carboxylic acids is 1. The fourth-order valence-corrected chi connectivity index (χ4v) is 4.97. The standard InChI is InChI=1S/C23H25N5O3S/c1-17-21(28(30)31)23(25-24-17)32-16-20(29)26-12-14-27(15-13-26)22(18-8-4-2-5-9-18)19-10-6-3-7-11-19/h2-11,22H,12-16H2,1H3,(H,24,25). The number of hydrogen-bond acceptors (Lipinski definition) is 6. The van der Waals surface area contributed by atoms with E-state index in [0.717, 1.165) is 24.9 Å². The van der Waals surface area contributed by atoms with Crippen LogP contribution >= 0.6 is 11.8 Å². The number of nitrogens with zero attached hydrogens (tertiary/aromatic N) is 4. The quantitative estimate of drug-likeness (QED) is 0.335. The van der Waals surface area contributed by atoms with E-state index in [9.17, 15) is 14.9 Å². The number of aromatic nitrogens is 2. The first kappa shape index (κ1) is 22.0. The lowest BCUT2D eigenvalue weighted by Crippen LogP contribution is -2.50. The number of nitrogens with one attached hydrogen (secondary N) is 1. The number of nitro groups is 1. The summed E-state index contributed by atoms with van der Waals surface area (Å²) in [4.78, 5) is 27.8. The highest BCUT2D eigenvalue weighted by atomic mass is 32.2. The van der Waals surface area contributed by atoms with E-state index < -0.39 is 4.92 Å². The van der Waals surface area contributed by atoms with Gasteiger partial charge in [0, 0.05) is 26.2 Å². The molecule has 32 heavy (non-hydrogen) atoms. The molecule has 1 N–H and O–H groups in total. The summed E-state index contributed by atoms with van der Waals surface area (Å²) in [5, 5.41) is 18.1. The molecule has 0 unspecified atom stereocenters. The average molecular weight is 452 g/mol. The van der Waals surface area contributed by atoms with Gasteiger partial charge in [0.05, 0.1) is 16.7 Å². The summed E-state index contributed by atoms with van der Waals surface area (Å²) in [6.07, 6.45) is 0. The molecular weight excluding hydrogens is 426 g/mol. The summed E-state index contributed by atoms with van der Waals surface area (Å²) in [7, 11) is 0. The molecule has 0 atom stereocenters. The molecule has 0 saturated carbocycles. The molecular formula is C23H25N5O3S. The molecule has 8 nitrogen and oxygen atoms in total. The third-order valence-corrected chi connectivity index (χ3v) is 6.61. The average Bonchev–Trinajstić information content (AvgIpc) is 3.20. The lowest BCUT2D eigenvalue weighted by Gasteiger charge is -2.39. The summed E-state index contributed by atoms with van der Waals surface area (Å²) in [5.74, 6) is 0.104. The first-order valence-corrected chi connectivity index (χ1v) is 11.5. The Bertz CT molecular complexity index is 1030. The summed E-state index contributed by atoms with van der Waals surface area (Å²) in [6.45, 7) is 4.36. The number of benzene rings is 2. The zero-order valence-electron chi connectivity index (χ0n) is 17.8. The number of hydrogen-bond donors (Lipinski definition) is 1. The van der Waals surface area contributed by atoms with E-state index in [1.54, 1.807) is 6.92 Å². The largest absolute Gasteiger partial charge is 0.339 e. The molecule has 2 heterocycles. The Hall–Kier alpha value is -3.17. The molecule has 2 aromatic carbocycles. The Morgan fingerprint density at radius 3 is 2.16 bits per heavy atom. The van der Waals surface area contributed by atoms with Gasteiger partial charge < -0.3 is 4.90 Å². The normalized spacial score (nSPS) is 14.6. The molecule has 3 aromatic rings. The predicted octanol–water partition coefficient (Wildman–Crippen LogP) is 3.65. The third-order valence-electron chi connectivity index (χ3n) is 5.66. The zero-order valence-corrected chi connectivity index (χ0v) is 18.6. The second-order valence-electron chi connectivity index (χ2n) is 7.69. The Kier molecular flexibility index (Phi) is 6.87. The van der Waals surface area contributed by atoms with Gasteiger partial charge in [-0.3, -0.25) is 24.9 Å². The van der Waals surface area contributed by atoms with E-state index in [0.29, 0.717) is 18.8 Å². The van der Waals surface area contributed by atoms with Crippen LogP contribution in [0.1, 0.15) is 22.9 Å². The van der Waals surface area contributed by atoms with E-state index in [4.69, 9.17) is 0 Å². The van der Waals surface area contributed by atoms with Crippen molar-refractivity contribution in [1.82, 2.24) is 20.0 Å². The molecule has 0 aliphatic carbocycles. The maximum absolute atomic E-state index is 12.8. The van der Waals surface area contributed by atoms with Crippen LogP contribution in [0, 0.1) is 17.0 Å². The number of H-pyrrole nitrogens is 1. The van der Waals surface area contributed by atoms with Gasteiger partial charge in [0.25, 0.3) is 0 Å². The van der Waals surface area contributed by atoms with Crippen LogP contribution in [-0.2, 0) is 4.79 Å². The van der Waals surface area contributed by atoms with Crippen molar-refractivity contribution in [2.24, 2.45) is 0 Å². The van der Waals surface area contributed by atoms with E-state index in [-0.39, 0.29) is 28.4 Å². The van der Waals surface area contributed by atoms with Gasteiger partial charge in [-0.25, -0.2) is 0 Å². The van der Waals surface area contributed by atoms with Crippen molar-refractivity contribution in [3.05, 3.63) is 87.6 Å². The highest BCUT2D eigenvalue weighted by Crippen LogP contribution is 2.31. The number of aromatic amines is 1. The van der Waals surface area contributed by atoms with Gasteiger partial charge in [-0.05, 0) is 18.1 Å². The zero-order chi connectivity index (χ0) is 22.5. The molecule has 1 aliphatic rings. The van der Waals surface area contributed by atoms with Crippen molar-refractivity contribution < 1.29 is 9.72 Å². The van der Waals surface area contributed by atoms with Crippen LogP contribution in [0.15, 0.2) is 65.7 Å². The molecule has 166 valence electrons. The van der Waals surface area contributed by atoms with E-state index >= 15 is 0 Å². The van der Waals surface area contributed by atoms with Gasteiger partial charge in [0.15, 0.2) is 5.03 Å². The van der Waals surface area contributed by atoms with Gasteiger partial charge in [-0.15, -0.1) is 0 Å². The van der Waals surface area contributed by atoms with Crippen molar-refractivity contribution in [3.63, 3.8) is 0 Å². The summed E-state index contributed by atoms with van der Waals surface area (Å²) in [6, 6.07) is 21.0. The first-order chi connectivity index (χ1) is 15.5. The van der Waals surface area contributed by atoms with Crippen LogP contribution in [0.3, 0.4) is 0 Å². The minimum absolute atomic E-state index is 0.0272. The third kappa shape index (κ3) is 4.84. The fraction of sp³-hybridized carbons (Fsp3) is 0.304. The summed E-state index contributed by atoms with van der Waals surface area (Å²) in [5.41, 5.74) is 2.80. The first-order valence-electron chi connectivity index (χ1n) is 10.5. The number of carbonyl (C=O) groups is 1. The van der Waals surface area contributed by atoms with Crippen molar-refractivity contribution in [2.75, 3.05) is 31.9 Å². The van der Waals surface area contributed by atoms with Gasteiger partial charge in [0.2, 0.25) is 5.91 Å². The van der Waals surface area contributed by atoms with Gasteiger partial charge in [-0.1, -0.05) is 72.4 Å². The lowest BCUT2D eigenvalue weighted by atomic mass is 9.96. The molecule has 0 bridgehead atoms. The van der Waals surface area contributed by atoms with Crippen LogP contribution in [0.5, 0.6) is 0 Å². The topological polar surface area (TPSA) is 95.4 Å². The smallest absolute Gasteiger partial charge is 0.323 e. The maximum Gasteiger partial charge on any atom is 0.323 e. The highest BCUT2D eigenvalue weighted by molar-refractivity contribution is 8.00. The fourth-order valence-electron chi connectivity index (χ4n) is 4.05. The van der Waals surface area contributed by atoms with Crippen LogP contribution in [0.4, 0.5) is 5.69 Å². The monoisotopic (exact) mass is 451 g/mol. The SMILES string of the molecule is Cc1[nH]nc(SCC(=O)N2CCN(C(c3ccccc3)c3ccccc3)CC2)c1[N+](=O)[O-]. The lowest BCUT2D eigenvalue weighted by molar-refractivity contribution is -0.388. The second-order valence-corrected chi connectivity index (χ2v) is 8.65. The Morgan fingerprint density at radius 1 is 1.06 bits per heavy atom. The van der Waals surface area contributed by atoms with Crippen molar-refractivity contribution in [2.45, 2.75) is 18.0 Å². The maximum atomic E-state index is 12.8. The van der Waals surface area contributed by atoms with Crippen LogP contribution < -0.4 is 0 Å². The Labute approximate surface area is 190 Å². The molecule has 1 amide bonds. The predicted molar refractivity (Wildman–Crippen MR) is 124 cm³/mol. The van der Waals surface area contributed by atoms with Crippen LogP contribution in [0.2, 0.25) is 0 Å².